The Kier molecular flexibility index (Phi) is 7.85. The zero-order chi connectivity index (χ0) is 25.5. The molecule has 1 aliphatic heterocycles. The molecule has 0 saturated carbocycles. The van der Waals surface area contributed by atoms with Crippen molar-refractivity contribution in [1.82, 2.24) is 9.80 Å². The van der Waals surface area contributed by atoms with Gasteiger partial charge in [-0.15, -0.1) is 0 Å². The van der Waals surface area contributed by atoms with Crippen molar-refractivity contribution in [3.63, 3.8) is 0 Å². The summed E-state index contributed by atoms with van der Waals surface area (Å²) in [6, 6.07) is 24.0. The number of rotatable bonds is 6. The van der Waals surface area contributed by atoms with Crippen LogP contribution in [0.15, 0.2) is 84.9 Å². The molecule has 0 radical (unpaired) electrons. The van der Waals surface area contributed by atoms with E-state index in [4.69, 9.17) is 0 Å². The van der Waals surface area contributed by atoms with Crippen molar-refractivity contribution in [3.8, 4) is 0 Å². The lowest BCUT2D eigenvalue weighted by molar-refractivity contribution is -0.137. The number of hydrogen-bond acceptors (Lipinski definition) is 3. The number of nitrogens with zero attached hydrogens (tertiary/aromatic N) is 2. The molecule has 0 spiro atoms. The van der Waals surface area contributed by atoms with E-state index in [1.54, 1.807) is 4.90 Å². The Morgan fingerprint density at radius 2 is 1.39 bits per heavy atom. The molecule has 1 heterocycles. The number of carbonyl (C=O) groups excluding carboxylic acids is 2. The molecule has 0 aliphatic carbocycles. The van der Waals surface area contributed by atoms with Crippen LogP contribution < -0.4 is 5.32 Å². The maximum absolute atomic E-state index is 13.5. The van der Waals surface area contributed by atoms with Crippen LogP contribution in [0.2, 0.25) is 0 Å². The SMILES string of the molecule is O=C(CN1CCN(C(=O)/C(=C\c2ccccc2)c2ccccc2)CC1)Nc1ccccc1C(F)(F)F. The van der Waals surface area contributed by atoms with Gasteiger partial charge >= 0.3 is 6.18 Å². The van der Waals surface area contributed by atoms with Crippen LogP contribution in [0.25, 0.3) is 11.6 Å². The van der Waals surface area contributed by atoms with Crippen molar-refractivity contribution in [2.75, 3.05) is 38.0 Å². The summed E-state index contributed by atoms with van der Waals surface area (Å²) >= 11 is 0. The van der Waals surface area contributed by atoms with Crippen LogP contribution in [0.5, 0.6) is 0 Å². The Bertz CT molecular complexity index is 1220. The number of halogens is 3. The second kappa shape index (κ2) is 11.2. The summed E-state index contributed by atoms with van der Waals surface area (Å²) in [5.74, 6) is -0.631. The number of hydrogen-bond donors (Lipinski definition) is 1. The van der Waals surface area contributed by atoms with Gasteiger partial charge in [0.15, 0.2) is 0 Å². The molecule has 1 aliphatic rings. The molecule has 1 N–H and O–H groups in total. The summed E-state index contributed by atoms with van der Waals surface area (Å²) in [5, 5.41) is 2.38. The molecule has 3 aromatic rings. The number of amides is 2. The Morgan fingerprint density at radius 3 is 2.03 bits per heavy atom. The summed E-state index contributed by atoms with van der Waals surface area (Å²) in [6.07, 6.45) is -2.69. The van der Waals surface area contributed by atoms with Gasteiger partial charge in [-0.1, -0.05) is 72.8 Å². The molecule has 186 valence electrons. The Morgan fingerprint density at radius 1 is 0.806 bits per heavy atom. The van der Waals surface area contributed by atoms with Crippen LogP contribution in [0, 0.1) is 0 Å². The van der Waals surface area contributed by atoms with Gasteiger partial charge in [-0.25, -0.2) is 0 Å². The fourth-order valence-electron chi connectivity index (χ4n) is 4.11. The fourth-order valence-corrected chi connectivity index (χ4v) is 4.11. The molecule has 2 amide bonds. The normalized spacial score (nSPS) is 15.0. The van der Waals surface area contributed by atoms with Crippen LogP contribution in [0.3, 0.4) is 0 Å². The second-order valence-electron chi connectivity index (χ2n) is 8.49. The first kappa shape index (κ1) is 25.2. The molecule has 1 saturated heterocycles. The summed E-state index contributed by atoms with van der Waals surface area (Å²) < 4.78 is 39.6. The van der Waals surface area contributed by atoms with E-state index in [1.807, 2.05) is 71.6 Å². The predicted octanol–water partition coefficient (Wildman–Crippen LogP) is 5.03. The van der Waals surface area contributed by atoms with Crippen molar-refractivity contribution in [2.45, 2.75) is 6.18 Å². The number of carbonyl (C=O) groups is 2. The largest absolute Gasteiger partial charge is 0.418 e. The van der Waals surface area contributed by atoms with Crippen molar-refractivity contribution >= 4 is 29.2 Å². The molecular formula is C28H26F3N3O2. The van der Waals surface area contributed by atoms with E-state index < -0.39 is 17.6 Å². The lowest BCUT2D eigenvalue weighted by Crippen LogP contribution is -2.50. The molecule has 8 heteroatoms. The van der Waals surface area contributed by atoms with Gasteiger partial charge in [-0.3, -0.25) is 14.5 Å². The number of para-hydroxylation sites is 1. The van der Waals surface area contributed by atoms with E-state index in [1.165, 1.54) is 18.2 Å². The lowest BCUT2D eigenvalue weighted by atomic mass is 10.0. The molecule has 0 aromatic heterocycles. The number of alkyl halides is 3. The van der Waals surface area contributed by atoms with Gasteiger partial charge in [0.25, 0.3) is 5.91 Å². The quantitative estimate of drug-likeness (QED) is 0.387. The van der Waals surface area contributed by atoms with E-state index in [0.29, 0.717) is 31.8 Å². The average Bonchev–Trinajstić information content (AvgIpc) is 2.88. The van der Waals surface area contributed by atoms with Crippen LogP contribution in [0.4, 0.5) is 18.9 Å². The third-order valence-corrected chi connectivity index (χ3v) is 5.96. The summed E-state index contributed by atoms with van der Waals surface area (Å²) in [4.78, 5) is 29.5. The highest BCUT2D eigenvalue weighted by Gasteiger charge is 2.33. The first-order valence-corrected chi connectivity index (χ1v) is 11.6. The third kappa shape index (κ3) is 6.40. The lowest BCUT2D eigenvalue weighted by Gasteiger charge is -2.35. The zero-order valence-electron chi connectivity index (χ0n) is 19.5. The summed E-state index contributed by atoms with van der Waals surface area (Å²) in [7, 11) is 0. The number of anilines is 1. The highest BCUT2D eigenvalue weighted by Crippen LogP contribution is 2.34. The van der Waals surface area contributed by atoms with E-state index in [-0.39, 0.29) is 18.1 Å². The van der Waals surface area contributed by atoms with Crippen LogP contribution in [-0.2, 0) is 15.8 Å². The van der Waals surface area contributed by atoms with E-state index in [0.717, 1.165) is 17.2 Å². The van der Waals surface area contributed by atoms with E-state index in [9.17, 15) is 22.8 Å². The molecule has 3 aromatic carbocycles. The van der Waals surface area contributed by atoms with Crippen molar-refractivity contribution in [3.05, 3.63) is 102 Å². The van der Waals surface area contributed by atoms with Gasteiger partial charge < -0.3 is 10.2 Å². The van der Waals surface area contributed by atoms with E-state index in [2.05, 4.69) is 5.32 Å². The van der Waals surface area contributed by atoms with Crippen molar-refractivity contribution in [2.24, 2.45) is 0 Å². The van der Waals surface area contributed by atoms with Crippen molar-refractivity contribution < 1.29 is 22.8 Å². The minimum Gasteiger partial charge on any atom is -0.336 e. The highest BCUT2D eigenvalue weighted by atomic mass is 19.4. The second-order valence-corrected chi connectivity index (χ2v) is 8.49. The molecule has 1 fully saturated rings. The smallest absolute Gasteiger partial charge is 0.336 e. The minimum atomic E-state index is -4.56. The van der Waals surface area contributed by atoms with Gasteiger partial charge in [-0.2, -0.15) is 13.2 Å². The standard InChI is InChI=1S/C28H26F3N3O2/c29-28(30,31)24-13-7-8-14-25(24)32-26(35)20-33-15-17-34(18-16-33)27(36)23(22-11-5-2-6-12-22)19-21-9-3-1-4-10-21/h1-14,19H,15-18,20H2,(H,32,35)/b23-19-. The number of piperazine rings is 1. The van der Waals surface area contributed by atoms with Gasteiger partial charge in [0.1, 0.15) is 0 Å². The Balaban J connectivity index is 1.39. The monoisotopic (exact) mass is 493 g/mol. The maximum Gasteiger partial charge on any atom is 0.418 e. The molecule has 0 atom stereocenters. The van der Waals surface area contributed by atoms with Gasteiger partial charge in [0.2, 0.25) is 5.91 Å². The van der Waals surface area contributed by atoms with Crippen molar-refractivity contribution in [1.29, 1.82) is 0 Å². The van der Waals surface area contributed by atoms with Gasteiger partial charge in [0.05, 0.1) is 17.8 Å². The Hall–Kier alpha value is -3.91. The molecular weight excluding hydrogens is 467 g/mol. The third-order valence-electron chi connectivity index (χ3n) is 5.96. The maximum atomic E-state index is 13.5. The van der Waals surface area contributed by atoms with E-state index >= 15 is 0 Å². The summed E-state index contributed by atoms with van der Waals surface area (Å²) in [5.41, 5.74) is 1.17. The molecule has 4 rings (SSSR count). The molecule has 0 unspecified atom stereocenters. The number of nitrogens with one attached hydrogen (secondary N) is 1. The van der Waals surface area contributed by atoms with Crippen LogP contribution in [-0.4, -0.2) is 54.3 Å². The van der Waals surface area contributed by atoms with Crippen LogP contribution >= 0.6 is 0 Å². The highest BCUT2D eigenvalue weighted by molar-refractivity contribution is 6.24. The zero-order valence-corrected chi connectivity index (χ0v) is 19.5. The van der Waals surface area contributed by atoms with Gasteiger partial charge in [0, 0.05) is 31.8 Å². The summed E-state index contributed by atoms with van der Waals surface area (Å²) in [6.45, 7) is 1.63. The number of benzene rings is 3. The van der Waals surface area contributed by atoms with Crippen LogP contribution in [0.1, 0.15) is 16.7 Å². The molecule has 5 nitrogen and oxygen atoms in total. The molecule has 36 heavy (non-hydrogen) atoms. The van der Waals surface area contributed by atoms with Gasteiger partial charge in [-0.05, 0) is 29.3 Å². The average molecular weight is 494 g/mol. The predicted molar refractivity (Wildman–Crippen MR) is 134 cm³/mol. The first-order chi connectivity index (χ1) is 17.3. The molecule has 0 bridgehead atoms. The Labute approximate surface area is 207 Å². The first-order valence-electron chi connectivity index (χ1n) is 11.6. The minimum absolute atomic E-state index is 0.0559. The topological polar surface area (TPSA) is 52.7 Å². The fraction of sp³-hybridized carbons (Fsp3) is 0.214.